The van der Waals surface area contributed by atoms with Gasteiger partial charge in [-0.2, -0.15) is 18.3 Å². The van der Waals surface area contributed by atoms with E-state index in [9.17, 15) is 18.0 Å². The van der Waals surface area contributed by atoms with E-state index in [-0.39, 0.29) is 18.7 Å². The maximum atomic E-state index is 12.9. The topological polar surface area (TPSA) is 70.7 Å². The van der Waals surface area contributed by atoms with Crippen LogP contribution in [0, 0.1) is 5.92 Å². The molecule has 1 amide bonds. The van der Waals surface area contributed by atoms with Gasteiger partial charge in [0.2, 0.25) is 0 Å². The summed E-state index contributed by atoms with van der Waals surface area (Å²) in [7, 11) is 0. The summed E-state index contributed by atoms with van der Waals surface area (Å²) in [5, 5.41) is 10.2. The second kappa shape index (κ2) is 7.69. The quantitative estimate of drug-likeness (QED) is 0.671. The van der Waals surface area contributed by atoms with Crippen LogP contribution in [0.2, 0.25) is 0 Å². The highest BCUT2D eigenvalue weighted by atomic mass is 19.4. The van der Waals surface area contributed by atoms with Crippen LogP contribution in [0.5, 0.6) is 0 Å². The maximum Gasteiger partial charge on any atom is 0.392 e. The van der Waals surface area contributed by atoms with Crippen LogP contribution in [0.15, 0.2) is 48.8 Å². The van der Waals surface area contributed by atoms with Crippen LogP contribution in [-0.2, 0) is 6.54 Å². The number of aromatic nitrogens is 3. The zero-order chi connectivity index (χ0) is 20.4. The van der Waals surface area contributed by atoms with Crippen molar-refractivity contribution in [2.45, 2.75) is 32.0 Å². The number of rotatable bonds is 4. The second-order valence-corrected chi connectivity index (χ2v) is 7.11. The van der Waals surface area contributed by atoms with Crippen LogP contribution in [0.1, 0.15) is 40.9 Å². The average molecular weight is 400 g/mol. The highest BCUT2D eigenvalue weighted by Gasteiger charge is 2.39. The van der Waals surface area contributed by atoms with E-state index in [4.69, 9.17) is 0 Å². The standard InChI is InChI=1S/C21H19F3N4O/c22-21(23,24)16-6-4-13(5-7-16)18-3-1-2-14-10-15(11-25-19(14)18)20(29)26-12-17-8-9-27-28-17/h1-4,8-11,16H,5-7,12H2,(H,26,29)(H,27,28). The normalized spacial score (nSPS) is 17.2. The molecule has 0 radical (unpaired) electrons. The molecule has 2 N–H and O–H groups in total. The van der Waals surface area contributed by atoms with Gasteiger partial charge in [-0.05, 0) is 37.0 Å². The lowest BCUT2D eigenvalue weighted by Gasteiger charge is -2.24. The summed E-state index contributed by atoms with van der Waals surface area (Å²) in [4.78, 5) is 16.8. The van der Waals surface area contributed by atoms with Gasteiger partial charge >= 0.3 is 6.18 Å². The third kappa shape index (κ3) is 4.16. The highest BCUT2D eigenvalue weighted by Crippen LogP contribution is 2.40. The summed E-state index contributed by atoms with van der Waals surface area (Å²) in [5.74, 6) is -1.54. The Balaban J connectivity index is 1.55. The van der Waals surface area contributed by atoms with Crippen molar-refractivity contribution < 1.29 is 18.0 Å². The largest absolute Gasteiger partial charge is 0.392 e. The second-order valence-electron chi connectivity index (χ2n) is 7.11. The minimum absolute atomic E-state index is 0.0106. The van der Waals surface area contributed by atoms with E-state index < -0.39 is 12.1 Å². The Morgan fingerprint density at radius 1 is 1.28 bits per heavy atom. The van der Waals surface area contributed by atoms with E-state index in [1.807, 2.05) is 18.2 Å². The molecule has 29 heavy (non-hydrogen) atoms. The number of benzene rings is 1. The van der Waals surface area contributed by atoms with E-state index in [2.05, 4.69) is 20.5 Å². The van der Waals surface area contributed by atoms with Gasteiger partial charge in [0.1, 0.15) is 0 Å². The molecule has 0 fully saturated rings. The first-order valence-corrected chi connectivity index (χ1v) is 9.33. The minimum Gasteiger partial charge on any atom is -0.346 e. The molecule has 1 aliphatic rings. The smallest absolute Gasteiger partial charge is 0.346 e. The summed E-state index contributed by atoms with van der Waals surface area (Å²) in [5.41, 5.74) is 3.60. The molecule has 1 atom stereocenters. The molecule has 1 aromatic carbocycles. The lowest BCUT2D eigenvalue weighted by atomic mass is 9.85. The molecule has 0 saturated carbocycles. The molecule has 3 aromatic rings. The van der Waals surface area contributed by atoms with Crippen molar-refractivity contribution in [2.24, 2.45) is 5.92 Å². The first-order valence-electron chi connectivity index (χ1n) is 9.33. The van der Waals surface area contributed by atoms with E-state index in [1.54, 1.807) is 24.4 Å². The number of carbonyl (C=O) groups excluding carboxylic acids is 1. The minimum atomic E-state index is -4.16. The number of carbonyl (C=O) groups is 1. The Morgan fingerprint density at radius 2 is 2.14 bits per heavy atom. The molecule has 0 spiro atoms. The molecule has 5 nitrogen and oxygen atoms in total. The number of halogens is 3. The number of pyridine rings is 1. The first kappa shape index (κ1) is 19.2. The predicted molar refractivity (Wildman–Crippen MR) is 103 cm³/mol. The lowest BCUT2D eigenvalue weighted by Crippen LogP contribution is -2.24. The van der Waals surface area contributed by atoms with Crippen LogP contribution in [-0.4, -0.2) is 27.3 Å². The number of amides is 1. The van der Waals surface area contributed by atoms with E-state index >= 15 is 0 Å². The third-order valence-electron chi connectivity index (χ3n) is 5.19. The van der Waals surface area contributed by atoms with Crippen molar-refractivity contribution in [2.75, 3.05) is 0 Å². The monoisotopic (exact) mass is 400 g/mol. The van der Waals surface area contributed by atoms with Crippen LogP contribution in [0.3, 0.4) is 0 Å². The van der Waals surface area contributed by atoms with Crippen LogP contribution >= 0.6 is 0 Å². The summed E-state index contributed by atoms with van der Waals surface area (Å²) in [6.07, 6.45) is 1.05. The molecule has 1 aliphatic carbocycles. The van der Waals surface area contributed by atoms with Gasteiger partial charge in [0.25, 0.3) is 5.91 Å². The Bertz CT molecular complexity index is 1060. The molecular formula is C21H19F3N4O. The number of hydrogen-bond acceptors (Lipinski definition) is 3. The Kier molecular flexibility index (Phi) is 5.08. The van der Waals surface area contributed by atoms with Crippen LogP contribution < -0.4 is 5.32 Å². The number of para-hydroxylation sites is 1. The number of nitrogens with one attached hydrogen (secondary N) is 2. The van der Waals surface area contributed by atoms with Crippen LogP contribution in [0.4, 0.5) is 13.2 Å². The van der Waals surface area contributed by atoms with Crippen molar-refractivity contribution in [1.29, 1.82) is 0 Å². The average Bonchev–Trinajstić information content (AvgIpc) is 3.24. The summed E-state index contributed by atoms with van der Waals surface area (Å²) in [6.45, 7) is 0.324. The van der Waals surface area contributed by atoms with E-state index in [1.165, 1.54) is 6.20 Å². The first-order chi connectivity index (χ1) is 13.9. The molecular weight excluding hydrogens is 381 g/mol. The zero-order valence-electron chi connectivity index (χ0n) is 15.5. The fourth-order valence-corrected chi connectivity index (χ4v) is 3.58. The zero-order valence-corrected chi connectivity index (χ0v) is 15.5. The molecule has 2 aromatic heterocycles. The van der Waals surface area contributed by atoms with Gasteiger partial charge in [0.05, 0.1) is 29.2 Å². The van der Waals surface area contributed by atoms with Gasteiger partial charge in [0, 0.05) is 23.3 Å². The summed E-state index contributed by atoms with van der Waals surface area (Å²) >= 11 is 0. The van der Waals surface area contributed by atoms with E-state index in [0.717, 1.165) is 22.2 Å². The maximum absolute atomic E-state index is 12.9. The fourth-order valence-electron chi connectivity index (χ4n) is 3.58. The van der Waals surface area contributed by atoms with Gasteiger partial charge in [-0.3, -0.25) is 14.9 Å². The Hall–Kier alpha value is -3.16. The van der Waals surface area contributed by atoms with Crippen molar-refractivity contribution in [1.82, 2.24) is 20.5 Å². The fraction of sp³-hybridized carbons (Fsp3) is 0.286. The molecule has 0 aliphatic heterocycles. The number of aromatic amines is 1. The van der Waals surface area contributed by atoms with Gasteiger partial charge in [-0.15, -0.1) is 0 Å². The number of alkyl halides is 3. The summed E-state index contributed by atoms with van der Waals surface area (Å²) in [6, 6.07) is 9.07. The van der Waals surface area contributed by atoms with Gasteiger partial charge < -0.3 is 5.32 Å². The number of allylic oxidation sites excluding steroid dienone is 2. The number of nitrogens with zero attached hydrogens (tertiary/aromatic N) is 2. The van der Waals surface area contributed by atoms with Crippen molar-refractivity contribution in [3.05, 3.63) is 65.6 Å². The lowest BCUT2D eigenvalue weighted by molar-refractivity contribution is -0.175. The van der Waals surface area contributed by atoms with Crippen LogP contribution in [0.25, 0.3) is 16.5 Å². The molecule has 8 heteroatoms. The van der Waals surface area contributed by atoms with Gasteiger partial charge in [0.15, 0.2) is 0 Å². The summed E-state index contributed by atoms with van der Waals surface area (Å²) < 4.78 is 38.7. The number of H-pyrrole nitrogens is 1. The van der Waals surface area contributed by atoms with Gasteiger partial charge in [-0.1, -0.05) is 24.3 Å². The molecule has 2 heterocycles. The molecule has 0 saturated heterocycles. The SMILES string of the molecule is O=C(NCc1ccn[nH]1)c1cnc2c(C3=CCC(C(F)(F)F)CC3)cccc2c1. The highest BCUT2D eigenvalue weighted by molar-refractivity contribution is 5.99. The third-order valence-corrected chi connectivity index (χ3v) is 5.19. The molecule has 4 rings (SSSR count). The molecule has 0 bridgehead atoms. The molecule has 1 unspecified atom stereocenters. The van der Waals surface area contributed by atoms with Gasteiger partial charge in [-0.25, -0.2) is 0 Å². The van der Waals surface area contributed by atoms with E-state index in [0.29, 0.717) is 24.0 Å². The number of hydrogen-bond donors (Lipinski definition) is 2. The Labute approximate surface area is 165 Å². The van der Waals surface area contributed by atoms with Crippen molar-refractivity contribution >= 4 is 22.4 Å². The Morgan fingerprint density at radius 3 is 2.83 bits per heavy atom. The predicted octanol–water partition coefficient (Wildman–Crippen LogP) is 4.63. The number of fused-ring (bicyclic) bond motifs is 1. The van der Waals surface area contributed by atoms with Crippen molar-refractivity contribution in [3.63, 3.8) is 0 Å². The van der Waals surface area contributed by atoms with Crippen molar-refractivity contribution in [3.8, 4) is 0 Å². The molecule has 150 valence electrons.